The highest BCUT2D eigenvalue weighted by atomic mass is 79.9. The molecular formula is C16H19BrN4O5. The molecule has 1 aromatic carbocycles. The van der Waals surface area contributed by atoms with E-state index >= 15 is 0 Å². The van der Waals surface area contributed by atoms with E-state index in [9.17, 15) is 25.0 Å². The molecule has 10 heteroatoms. The van der Waals surface area contributed by atoms with E-state index in [1.807, 2.05) is 0 Å². The molecular weight excluding hydrogens is 408 g/mol. The maximum Gasteiger partial charge on any atom is 0.300 e. The number of amides is 1. The molecule has 3 fully saturated rings. The summed E-state index contributed by atoms with van der Waals surface area (Å²) in [5.41, 5.74) is 3.47. The van der Waals surface area contributed by atoms with Gasteiger partial charge in [-0.25, -0.2) is 0 Å². The number of benzene rings is 1. The van der Waals surface area contributed by atoms with Crippen LogP contribution in [0.1, 0.15) is 33.6 Å². The van der Waals surface area contributed by atoms with Gasteiger partial charge in [-0.2, -0.15) is 0 Å². The highest BCUT2D eigenvalue weighted by Crippen LogP contribution is 2.79. The van der Waals surface area contributed by atoms with Crippen LogP contribution in [0.2, 0.25) is 0 Å². The lowest BCUT2D eigenvalue weighted by molar-refractivity contribution is -0.393. The second-order valence-electron chi connectivity index (χ2n) is 7.67. The van der Waals surface area contributed by atoms with E-state index in [0.717, 1.165) is 25.0 Å². The molecule has 26 heavy (non-hydrogen) atoms. The van der Waals surface area contributed by atoms with Crippen molar-refractivity contribution in [3.63, 3.8) is 0 Å². The molecule has 9 nitrogen and oxygen atoms in total. The number of fused-ring (bicyclic) bond motifs is 1. The molecule has 0 spiro atoms. The predicted molar refractivity (Wildman–Crippen MR) is 97.8 cm³/mol. The van der Waals surface area contributed by atoms with Gasteiger partial charge in [-0.3, -0.25) is 35.9 Å². The van der Waals surface area contributed by atoms with Crippen molar-refractivity contribution in [2.45, 2.75) is 38.4 Å². The Balaban J connectivity index is 1.81. The van der Waals surface area contributed by atoms with Crippen LogP contribution in [0, 0.1) is 36.5 Å². The molecule has 140 valence electrons. The van der Waals surface area contributed by atoms with Gasteiger partial charge in [0.05, 0.1) is 21.3 Å². The minimum Gasteiger partial charge on any atom is -0.292 e. The Kier molecular flexibility index (Phi) is 4.02. The molecule has 3 aliphatic carbocycles. The van der Waals surface area contributed by atoms with Crippen LogP contribution in [0.4, 0.5) is 17.1 Å². The molecule has 4 rings (SSSR count). The summed E-state index contributed by atoms with van der Waals surface area (Å²) in [5, 5.41) is 22.0. The maximum atomic E-state index is 12.9. The normalized spacial score (nSPS) is 31.0. The van der Waals surface area contributed by atoms with Crippen LogP contribution in [0.15, 0.2) is 18.2 Å². The predicted octanol–water partition coefficient (Wildman–Crippen LogP) is 3.54. The van der Waals surface area contributed by atoms with Gasteiger partial charge in [0.15, 0.2) is 0 Å². The number of hydrogen-bond acceptors (Lipinski definition) is 6. The number of hydrazine groups is 1. The number of carbonyl (C=O) groups excluding carboxylic acids is 1. The standard InChI is InChI=1S/C16H19BrN4O5/c1-14(2)15(3)6-7-16(14,12(15)17)13(22)19-18-10-5-4-9(20(23)24)8-11(10)21(25)26/h4-5,8,12,18H,6-7H2,1-3H3,(H,19,22). The third-order valence-electron chi connectivity index (χ3n) is 6.68. The van der Waals surface area contributed by atoms with E-state index in [2.05, 4.69) is 47.6 Å². The Hall–Kier alpha value is -2.23. The Morgan fingerprint density at radius 3 is 2.31 bits per heavy atom. The molecule has 1 amide bonds. The number of alkyl halides is 1. The molecule has 3 saturated carbocycles. The Morgan fingerprint density at radius 2 is 1.85 bits per heavy atom. The number of nitrogens with zero attached hydrogens (tertiary/aromatic N) is 2. The molecule has 0 saturated heterocycles. The fourth-order valence-electron chi connectivity index (χ4n) is 4.58. The minimum atomic E-state index is -0.729. The smallest absolute Gasteiger partial charge is 0.292 e. The first-order valence-electron chi connectivity index (χ1n) is 8.12. The van der Waals surface area contributed by atoms with Crippen molar-refractivity contribution < 1.29 is 14.6 Å². The van der Waals surface area contributed by atoms with E-state index in [0.29, 0.717) is 0 Å². The van der Waals surface area contributed by atoms with E-state index < -0.39 is 20.9 Å². The number of hydrogen-bond donors (Lipinski definition) is 2. The second-order valence-corrected chi connectivity index (χ2v) is 8.59. The molecule has 3 atom stereocenters. The van der Waals surface area contributed by atoms with Crippen LogP contribution < -0.4 is 10.9 Å². The highest BCUT2D eigenvalue weighted by Gasteiger charge is 2.80. The molecule has 1 aromatic rings. The van der Waals surface area contributed by atoms with Gasteiger partial charge in [0.2, 0.25) is 5.91 Å². The summed E-state index contributed by atoms with van der Waals surface area (Å²) in [4.78, 5) is 33.5. The van der Waals surface area contributed by atoms with Gasteiger partial charge in [-0.1, -0.05) is 36.7 Å². The van der Waals surface area contributed by atoms with Crippen molar-refractivity contribution in [3.05, 3.63) is 38.4 Å². The largest absolute Gasteiger partial charge is 0.300 e. The van der Waals surface area contributed by atoms with Crippen LogP contribution in [-0.4, -0.2) is 20.6 Å². The number of carbonyl (C=O) groups is 1. The van der Waals surface area contributed by atoms with Crippen molar-refractivity contribution >= 4 is 38.9 Å². The van der Waals surface area contributed by atoms with Crippen LogP contribution in [-0.2, 0) is 4.79 Å². The first-order chi connectivity index (χ1) is 12.0. The average Bonchev–Trinajstić information content (AvgIpc) is 2.99. The molecule has 0 aliphatic heterocycles. The van der Waals surface area contributed by atoms with Crippen LogP contribution >= 0.6 is 15.9 Å². The Morgan fingerprint density at radius 1 is 1.19 bits per heavy atom. The molecule has 0 heterocycles. The summed E-state index contributed by atoms with van der Waals surface area (Å²) in [6, 6.07) is 3.22. The number of nitro groups is 2. The summed E-state index contributed by atoms with van der Waals surface area (Å²) < 4.78 is 0. The van der Waals surface area contributed by atoms with Gasteiger partial charge in [0.1, 0.15) is 5.69 Å². The Bertz CT molecular complexity index is 829. The van der Waals surface area contributed by atoms with E-state index in [1.165, 1.54) is 6.07 Å². The van der Waals surface area contributed by atoms with Crippen molar-refractivity contribution in [2.24, 2.45) is 16.2 Å². The average molecular weight is 427 g/mol. The van der Waals surface area contributed by atoms with Gasteiger partial charge < -0.3 is 0 Å². The fourth-order valence-corrected chi connectivity index (χ4v) is 6.39. The number of nitro benzene ring substituents is 2. The lowest BCUT2D eigenvalue weighted by Gasteiger charge is -2.64. The van der Waals surface area contributed by atoms with Gasteiger partial charge in [0, 0.05) is 10.9 Å². The highest BCUT2D eigenvalue weighted by molar-refractivity contribution is 9.09. The SMILES string of the molecule is CC12CCC(C(=O)NNc3ccc([N+](=O)[O-])cc3[N+](=O)[O-])(C1Br)C2(C)C. The lowest BCUT2D eigenvalue weighted by Crippen LogP contribution is -2.69. The summed E-state index contributed by atoms with van der Waals surface area (Å²) in [7, 11) is 0. The zero-order chi connectivity index (χ0) is 19.5. The zero-order valence-electron chi connectivity index (χ0n) is 14.5. The van der Waals surface area contributed by atoms with Crippen molar-refractivity contribution in [3.8, 4) is 0 Å². The first kappa shape index (κ1) is 18.6. The Labute approximate surface area is 157 Å². The molecule has 0 aromatic heterocycles. The van der Waals surface area contributed by atoms with Crippen molar-refractivity contribution in [1.82, 2.24) is 5.43 Å². The molecule has 3 unspecified atom stereocenters. The summed E-state index contributed by atoms with van der Waals surface area (Å²) in [6.45, 7) is 6.27. The zero-order valence-corrected chi connectivity index (χ0v) is 16.1. The number of nitrogens with one attached hydrogen (secondary N) is 2. The number of anilines is 1. The topological polar surface area (TPSA) is 127 Å². The number of non-ortho nitro benzene ring substituents is 1. The second kappa shape index (κ2) is 5.63. The lowest BCUT2D eigenvalue weighted by atomic mass is 9.43. The van der Waals surface area contributed by atoms with Gasteiger partial charge in [-0.05, 0) is 29.7 Å². The van der Waals surface area contributed by atoms with Crippen LogP contribution in [0.3, 0.4) is 0 Å². The monoisotopic (exact) mass is 426 g/mol. The molecule has 2 bridgehead atoms. The van der Waals surface area contributed by atoms with Crippen molar-refractivity contribution in [1.29, 1.82) is 0 Å². The number of rotatable bonds is 5. The summed E-state index contributed by atoms with van der Waals surface area (Å²) >= 11 is 3.66. The summed E-state index contributed by atoms with van der Waals surface area (Å²) in [6.07, 6.45) is 1.64. The first-order valence-corrected chi connectivity index (χ1v) is 9.04. The van der Waals surface area contributed by atoms with E-state index in [-0.39, 0.29) is 32.9 Å². The molecule has 2 N–H and O–H groups in total. The maximum absolute atomic E-state index is 12.9. The van der Waals surface area contributed by atoms with E-state index in [1.54, 1.807) is 0 Å². The van der Waals surface area contributed by atoms with Gasteiger partial charge >= 0.3 is 5.69 Å². The molecule has 0 radical (unpaired) electrons. The van der Waals surface area contributed by atoms with Crippen LogP contribution in [0.25, 0.3) is 0 Å². The number of halogens is 1. The van der Waals surface area contributed by atoms with Gasteiger partial charge in [-0.15, -0.1) is 0 Å². The minimum absolute atomic E-state index is 0.00522. The molecule has 3 aliphatic rings. The van der Waals surface area contributed by atoms with E-state index in [4.69, 9.17) is 0 Å². The third-order valence-corrected chi connectivity index (χ3v) is 8.47. The van der Waals surface area contributed by atoms with Crippen molar-refractivity contribution in [2.75, 3.05) is 5.43 Å². The fraction of sp³-hybridized carbons (Fsp3) is 0.562. The van der Waals surface area contributed by atoms with Crippen LogP contribution in [0.5, 0.6) is 0 Å². The third kappa shape index (κ3) is 2.11. The summed E-state index contributed by atoms with van der Waals surface area (Å²) in [5.74, 6) is -0.244. The van der Waals surface area contributed by atoms with Gasteiger partial charge in [0.25, 0.3) is 5.69 Å². The quantitative estimate of drug-likeness (QED) is 0.420.